The topological polar surface area (TPSA) is 29.5 Å². The van der Waals surface area contributed by atoms with Crippen LogP contribution in [0.15, 0.2) is 35.2 Å². The van der Waals surface area contributed by atoms with Crippen molar-refractivity contribution in [1.29, 1.82) is 0 Å². The van der Waals surface area contributed by atoms with E-state index in [0.29, 0.717) is 5.75 Å². The third kappa shape index (κ3) is 3.40. The van der Waals surface area contributed by atoms with Gasteiger partial charge in [-0.15, -0.1) is 0 Å². The molecule has 0 aliphatic carbocycles. The SMILES string of the molecule is CC1(C)COCCN1CCS(=O)c1ccccc1. The van der Waals surface area contributed by atoms with E-state index in [1.165, 1.54) is 0 Å². The molecule has 1 heterocycles. The minimum absolute atomic E-state index is 0.0547. The van der Waals surface area contributed by atoms with Crippen LogP contribution in [0.5, 0.6) is 0 Å². The molecular weight excluding hydrogens is 246 g/mol. The molecule has 1 aromatic carbocycles. The van der Waals surface area contributed by atoms with Crippen molar-refractivity contribution in [2.75, 3.05) is 32.1 Å². The van der Waals surface area contributed by atoms with Crippen LogP contribution in [-0.2, 0) is 15.5 Å². The molecule has 1 aliphatic rings. The Morgan fingerprint density at radius 1 is 1.33 bits per heavy atom. The lowest BCUT2D eigenvalue weighted by atomic mass is 10.0. The Morgan fingerprint density at radius 3 is 2.72 bits per heavy atom. The Labute approximate surface area is 112 Å². The predicted molar refractivity (Wildman–Crippen MR) is 74.2 cm³/mol. The fourth-order valence-electron chi connectivity index (χ4n) is 2.19. The number of ether oxygens (including phenoxy) is 1. The zero-order valence-corrected chi connectivity index (χ0v) is 11.9. The Bertz CT molecular complexity index is 406. The summed E-state index contributed by atoms with van der Waals surface area (Å²) >= 11 is 0. The van der Waals surface area contributed by atoms with Gasteiger partial charge in [0.05, 0.1) is 24.0 Å². The normalized spacial score (nSPS) is 21.7. The van der Waals surface area contributed by atoms with Crippen molar-refractivity contribution in [2.24, 2.45) is 0 Å². The highest BCUT2D eigenvalue weighted by molar-refractivity contribution is 7.85. The Kier molecular flexibility index (Phi) is 4.54. The summed E-state index contributed by atoms with van der Waals surface area (Å²) in [6.07, 6.45) is 0. The average molecular weight is 267 g/mol. The number of benzene rings is 1. The molecular formula is C14H21NO2S. The van der Waals surface area contributed by atoms with Crippen LogP contribution in [0.1, 0.15) is 13.8 Å². The lowest BCUT2D eigenvalue weighted by Crippen LogP contribution is -2.53. The van der Waals surface area contributed by atoms with Crippen molar-refractivity contribution < 1.29 is 8.95 Å². The van der Waals surface area contributed by atoms with Gasteiger partial charge >= 0.3 is 0 Å². The van der Waals surface area contributed by atoms with E-state index in [4.69, 9.17) is 4.74 Å². The molecule has 0 bridgehead atoms. The van der Waals surface area contributed by atoms with Crippen molar-refractivity contribution >= 4 is 10.8 Å². The van der Waals surface area contributed by atoms with E-state index in [2.05, 4.69) is 18.7 Å². The first-order valence-corrected chi connectivity index (χ1v) is 7.68. The number of nitrogens with zero attached hydrogens (tertiary/aromatic N) is 1. The first-order chi connectivity index (χ1) is 8.59. The minimum Gasteiger partial charge on any atom is -0.378 e. The quantitative estimate of drug-likeness (QED) is 0.834. The number of hydrogen-bond acceptors (Lipinski definition) is 3. The molecule has 1 aromatic rings. The zero-order chi connectivity index (χ0) is 13.0. The maximum absolute atomic E-state index is 12.2. The van der Waals surface area contributed by atoms with Crippen LogP contribution >= 0.6 is 0 Å². The summed E-state index contributed by atoms with van der Waals surface area (Å²) in [6.45, 7) is 7.68. The van der Waals surface area contributed by atoms with E-state index in [9.17, 15) is 4.21 Å². The molecule has 100 valence electrons. The van der Waals surface area contributed by atoms with E-state index in [-0.39, 0.29) is 5.54 Å². The second kappa shape index (κ2) is 5.95. The van der Waals surface area contributed by atoms with Crippen LogP contribution in [0.25, 0.3) is 0 Å². The van der Waals surface area contributed by atoms with Gasteiger partial charge in [0, 0.05) is 29.3 Å². The van der Waals surface area contributed by atoms with E-state index >= 15 is 0 Å². The monoisotopic (exact) mass is 267 g/mol. The Hall–Kier alpha value is -0.710. The maximum Gasteiger partial charge on any atom is 0.0645 e. The van der Waals surface area contributed by atoms with Gasteiger partial charge < -0.3 is 4.74 Å². The van der Waals surface area contributed by atoms with Gasteiger partial charge in [-0.3, -0.25) is 9.11 Å². The third-order valence-corrected chi connectivity index (χ3v) is 4.72. The van der Waals surface area contributed by atoms with Crippen LogP contribution < -0.4 is 0 Å². The highest BCUT2D eigenvalue weighted by atomic mass is 32.2. The zero-order valence-electron chi connectivity index (χ0n) is 11.1. The van der Waals surface area contributed by atoms with Crippen molar-refractivity contribution in [2.45, 2.75) is 24.3 Å². The standard InChI is InChI=1S/C14H21NO2S/c1-14(2)12-17-10-8-15(14)9-11-18(16)13-6-4-3-5-7-13/h3-7H,8-12H2,1-2H3. The number of morpholine rings is 1. The van der Waals surface area contributed by atoms with Crippen molar-refractivity contribution in [3.8, 4) is 0 Å². The largest absolute Gasteiger partial charge is 0.378 e. The molecule has 1 unspecified atom stereocenters. The second-order valence-electron chi connectivity index (χ2n) is 5.21. The summed E-state index contributed by atoms with van der Waals surface area (Å²) in [5, 5.41) is 0. The summed E-state index contributed by atoms with van der Waals surface area (Å²) in [5.41, 5.74) is 0.0547. The maximum atomic E-state index is 12.2. The highest BCUT2D eigenvalue weighted by Crippen LogP contribution is 2.18. The summed E-state index contributed by atoms with van der Waals surface area (Å²) in [6, 6.07) is 9.69. The van der Waals surface area contributed by atoms with Crippen LogP contribution in [0.3, 0.4) is 0 Å². The molecule has 0 N–H and O–H groups in total. The molecule has 0 aromatic heterocycles. The molecule has 0 saturated carbocycles. The lowest BCUT2D eigenvalue weighted by molar-refractivity contribution is -0.0477. The molecule has 18 heavy (non-hydrogen) atoms. The molecule has 3 nitrogen and oxygen atoms in total. The number of rotatable bonds is 4. The van der Waals surface area contributed by atoms with E-state index in [0.717, 1.165) is 31.2 Å². The second-order valence-corrected chi connectivity index (χ2v) is 6.79. The summed E-state index contributed by atoms with van der Waals surface area (Å²) in [4.78, 5) is 3.29. The smallest absolute Gasteiger partial charge is 0.0645 e. The first kappa shape index (κ1) is 13.7. The van der Waals surface area contributed by atoms with Gasteiger partial charge in [0.25, 0.3) is 0 Å². The molecule has 2 rings (SSSR count). The lowest BCUT2D eigenvalue weighted by Gasteiger charge is -2.42. The fraction of sp³-hybridized carbons (Fsp3) is 0.571. The molecule has 4 heteroatoms. The minimum atomic E-state index is -0.901. The Morgan fingerprint density at radius 2 is 2.06 bits per heavy atom. The first-order valence-electron chi connectivity index (χ1n) is 6.36. The van der Waals surface area contributed by atoms with Crippen LogP contribution in [-0.4, -0.2) is 46.7 Å². The summed E-state index contributed by atoms with van der Waals surface area (Å²) in [7, 11) is -0.901. The van der Waals surface area contributed by atoms with Gasteiger partial charge in [0.2, 0.25) is 0 Å². The number of hydrogen-bond donors (Lipinski definition) is 0. The van der Waals surface area contributed by atoms with Gasteiger partial charge in [-0.05, 0) is 26.0 Å². The molecule has 1 atom stereocenters. The molecule has 1 aliphatic heterocycles. The fourth-order valence-corrected chi connectivity index (χ4v) is 3.27. The van der Waals surface area contributed by atoms with E-state index in [1.54, 1.807) is 0 Å². The van der Waals surface area contributed by atoms with E-state index in [1.807, 2.05) is 30.3 Å². The van der Waals surface area contributed by atoms with Crippen LogP contribution in [0, 0.1) is 0 Å². The predicted octanol–water partition coefficient (Wildman–Crippen LogP) is 1.91. The molecule has 1 saturated heterocycles. The van der Waals surface area contributed by atoms with Gasteiger partial charge in [0.15, 0.2) is 0 Å². The van der Waals surface area contributed by atoms with Gasteiger partial charge in [-0.25, -0.2) is 0 Å². The highest BCUT2D eigenvalue weighted by Gasteiger charge is 2.30. The molecule has 0 radical (unpaired) electrons. The van der Waals surface area contributed by atoms with Gasteiger partial charge in [-0.2, -0.15) is 0 Å². The van der Waals surface area contributed by atoms with Gasteiger partial charge in [-0.1, -0.05) is 18.2 Å². The van der Waals surface area contributed by atoms with E-state index < -0.39 is 10.8 Å². The molecule has 0 spiro atoms. The van der Waals surface area contributed by atoms with Crippen LogP contribution in [0.4, 0.5) is 0 Å². The summed E-state index contributed by atoms with van der Waals surface area (Å²) < 4.78 is 17.6. The molecule has 0 amide bonds. The van der Waals surface area contributed by atoms with Gasteiger partial charge in [0.1, 0.15) is 0 Å². The molecule has 1 fully saturated rings. The summed E-state index contributed by atoms with van der Waals surface area (Å²) in [5.74, 6) is 0.688. The Balaban J connectivity index is 1.90. The van der Waals surface area contributed by atoms with Crippen LogP contribution in [0.2, 0.25) is 0 Å². The van der Waals surface area contributed by atoms with Crippen molar-refractivity contribution in [1.82, 2.24) is 4.90 Å². The van der Waals surface area contributed by atoms with Crippen molar-refractivity contribution in [3.05, 3.63) is 30.3 Å². The average Bonchev–Trinajstić information content (AvgIpc) is 2.38. The third-order valence-electron chi connectivity index (χ3n) is 3.37. The van der Waals surface area contributed by atoms with Crippen molar-refractivity contribution in [3.63, 3.8) is 0 Å².